The maximum atomic E-state index is 11.8. The second-order valence-electron chi connectivity index (χ2n) is 5.60. The highest BCUT2D eigenvalue weighted by atomic mass is 16.7. The van der Waals surface area contributed by atoms with Crippen LogP contribution in [0.1, 0.15) is 28.4 Å². The molecule has 0 aliphatic carbocycles. The standard InChI is InChI=1S/C21H17NO4/c1-15(23)18-8-4-16(5-9-18)3-2-12-22-21(24)11-7-17-6-10-19-20(13-17)26-14-25-19/h4-11,13H,12,14H2,1H3,(H,22,24)/b11-7+. The number of hydrogen-bond donors (Lipinski definition) is 1. The molecule has 0 radical (unpaired) electrons. The van der Waals surface area contributed by atoms with Crippen LogP contribution in [0.15, 0.2) is 48.5 Å². The third kappa shape index (κ3) is 4.52. The summed E-state index contributed by atoms with van der Waals surface area (Å²) >= 11 is 0. The van der Waals surface area contributed by atoms with Gasteiger partial charge in [-0.2, -0.15) is 0 Å². The van der Waals surface area contributed by atoms with Gasteiger partial charge < -0.3 is 14.8 Å². The molecule has 1 amide bonds. The SMILES string of the molecule is CC(=O)c1ccc(C#CCNC(=O)/C=C/c2ccc3c(c2)OCO3)cc1. The largest absolute Gasteiger partial charge is 0.454 e. The van der Waals surface area contributed by atoms with Crippen LogP contribution in [-0.2, 0) is 4.79 Å². The third-order valence-electron chi connectivity index (χ3n) is 3.70. The van der Waals surface area contributed by atoms with E-state index in [9.17, 15) is 9.59 Å². The van der Waals surface area contributed by atoms with Crippen LogP contribution in [0.5, 0.6) is 11.5 Å². The summed E-state index contributed by atoms with van der Waals surface area (Å²) in [7, 11) is 0. The fourth-order valence-electron chi connectivity index (χ4n) is 2.31. The molecule has 2 aromatic rings. The van der Waals surface area contributed by atoms with E-state index in [1.807, 2.05) is 18.2 Å². The molecule has 0 unspecified atom stereocenters. The zero-order valence-corrected chi connectivity index (χ0v) is 14.2. The summed E-state index contributed by atoms with van der Waals surface area (Å²) in [5.74, 6) is 6.98. The minimum Gasteiger partial charge on any atom is -0.454 e. The molecule has 0 fully saturated rings. The topological polar surface area (TPSA) is 64.6 Å². The first kappa shape index (κ1) is 17.3. The van der Waals surface area contributed by atoms with E-state index in [1.165, 1.54) is 13.0 Å². The average Bonchev–Trinajstić information content (AvgIpc) is 3.11. The van der Waals surface area contributed by atoms with Gasteiger partial charge in [-0.25, -0.2) is 0 Å². The van der Waals surface area contributed by atoms with E-state index < -0.39 is 0 Å². The van der Waals surface area contributed by atoms with Crippen molar-refractivity contribution in [2.75, 3.05) is 13.3 Å². The highest BCUT2D eigenvalue weighted by Crippen LogP contribution is 2.32. The van der Waals surface area contributed by atoms with Crippen LogP contribution in [0.2, 0.25) is 0 Å². The van der Waals surface area contributed by atoms with Gasteiger partial charge in [0.25, 0.3) is 0 Å². The number of hydrogen-bond acceptors (Lipinski definition) is 4. The maximum absolute atomic E-state index is 11.8. The van der Waals surface area contributed by atoms with Crippen molar-refractivity contribution in [2.24, 2.45) is 0 Å². The summed E-state index contributed by atoms with van der Waals surface area (Å²) in [6, 6.07) is 12.5. The third-order valence-corrected chi connectivity index (χ3v) is 3.70. The van der Waals surface area contributed by atoms with Crippen molar-refractivity contribution in [2.45, 2.75) is 6.92 Å². The Hall–Kier alpha value is -3.52. The van der Waals surface area contributed by atoms with E-state index in [0.717, 1.165) is 11.1 Å². The van der Waals surface area contributed by atoms with Gasteiger partial charge in [0.1, 0.15) is 0 Å². The number of benzene rings is 2. The lowest BCUT2D eigenvalue weighted by Crippen LogP contribution is -2.20. The summed E-state index contributed by atoms with van der Waals surface area (Å²) in [6.07, 6.45) is 3.14. The van der Waals surface area contributed by atoms with Crippen molar-refractivity contribution in [3.05, 3.63) is 65.2 Å². The Kier molecular flexibility index (Phi) is 5.35. The highest BCUT2D eigenvalue weighted by Gasteiger charge is 2.12. The van der Waals surface area contributed by atoms with E-state index in [1.54, 1.807) is 30.3 Å². The van der Waals surface area contributed by atoms with Crippen molar-refractivity contribution >= 4 is 17.8 Å². The highest BCUT2D eigenvalue weighted by molar-refractivity contribution is 5.94. The summed E-state index contributed by atoms with van der Waals surface area (Å²) < 4.78 is 10.5. The van der Waals surface area contributed by atoms with E-state index in [-0.39, 0.29) is 25.0 Å². The van der Waals surface area contributed by atoms with E-state index in [2.05, 4.69) is 17.2 Å². The Morgan fingerprint density at radius 1 is 1.12 bits per heavy atom. The molecule has 5 heteroatoms. The smallest absolute Gasteiger partial charge is 0.244 e. The quantitative estimate of drug-likeness (QED) is 0.525. The zero-order chi connectivity index (χ0) is 18.4. The molecule has 3 rings (SSSR count). The van der Waals surface area contributed by atoms with Crippen LogP contribution in [0.25, 0.3) is 6.08 Å². The number of ether oxygens (including phenoxy) is 2. The van der Waals surface area contributed by atoms with Gasteiger partial charge in [0, 0.05) is 17.2 Å². The molecule has 1 aliphatic heterocycles. The molecular formula is C21H17NO4. The Morgan fingerprint density at radius 2 is 1.88 bits per heavy atom. The first-order valence-corrected chi connectivity index (χ1v) is 8.07. The van der Waals surface area contributed by atoms with Crippen molar-refractivity contribution < 1.29 is 19.1 Å². The van der Waals surface area contributed by atoms with Crippen LogP contribution >= 0.6 is 0 Å². The van der Waals surface area contributed by atoms with Crippen molar-refractivity contribution in [3.63, 3.8) is 0 Å². The summed E-state index contributed by atoms with van der Waals surface area (Å²) in [5.41, 5.74) is 2.29. The molecule has 0 atom stereocenters. The Bertz CT molecular complexity index is 917. The molecule has 0 spiro atoms. The molecule has 130 valence electrons. The minimum absolute atomic E-state index is 0.0195. The van der Waals surface area contributed by atoms with Crippen molar-refractivity contribution in [1.29, 1.82) is 0 Å². The predicted octanol–water partition coefficient (Wildman–Crippen LogP) is 2.80. The number of Topliss-reactive ketones (excluding diaryl/α,β-unsaturated/α-hetero) is 1. The van der Waals surface area contributed by atoms with Gasteiger partial charge in [0.2, 0.25) is 12.7 Å². The molecular weight excluding hydrogens is 330 g/mol. The number of ketones is 1. The lowest BCUT2D eigenvalue weighted by Gasteiger charge is -1.98. The fourth-order valence-corrected chi connectivity index (χ4v) is 2.31. The Balaban J connectivity index is 1.49. The van der Waals surface area contributed by atoms with Crippen LogP contribution in [-0.4, -0.2) is 25.0 Å². The first-order chi connectivity index (χ1) is 12.6. The fraction of sp³-hybridized carbons (Fsp3) is 0.143. The van der Waals surface area contributed by atoms with Gasteiger partial charge in [-0.1, -0.05) is 30.0 Å². The van der Waals surface area contributed by atoms with Crippen LogP contribution in [0.3, 0.4) is 0 Å². The molecule has 2 aromatic carbocycles. The second kappa shape index (κ2) is 8.04. The van der Waals surface area contributed by atoms with Crippen molar-refractivity contribution in [3.8, 4) is 23.3 Å². The maximum Gasteiger partial charge on any atom is 0.244 e. The molecule has 5 nitrogen and oxygen atoms in total. The normalized spacial score (nSPS) is 11.7. The number of rotatable bonds is 4. The van der Waals surface area contributed by atoms with Gasteiger partial charge in [-0.05, 0) is 42.8 Å². The molecule has 1 heterocycles. The number of nitrogens with one attached hydrogen (secondary N) is 1. The summed E-state index contributed by atoms with van der Waals surface area (Å²) in [4.78, 5) is 23.0. The van der Waals surface area contributed by atoms with Gasteiger partial charge in [-0.15, -0.1) is 0 Å². The number of fused-ring (bicyclic) bond motifs is 1. The molecule has 1 aliphatic rings. The summed E-state index contributed by atoms with van der Waals surface area (Å²) in [5, 5.41) is 2.70. The van der Waals surface area contributed by atoms with Crippen LogP contribution in [0.4, 0.5) is 0 Å². The molecule has 26 heavy (non-hydrogen) atoms. The minimum atomic E-state index is -0.233. The van der Waals surface area contributed by atoms with Gasteiger partial charge >= 0.3 is 0 Å². The molecule has 0 saturated heterocycles. The average molecular weight is 347 g/mol. The first-order valence-electron chi connectivity index (χ1n) is 8.07. The number of carbonyl (C=O) groups is 2. The lowest BCUT2D eigenvalue weighted by atomic mass is 10.1. The van der Waals surface area contributed by atoms with Gasteiger partial charge in [0.05, 0.1) is 6.54 Å². The second-order valence-corrected chi connectivity index (χ2v) is 5.60. The van der Waals surface area contributed by atoms with Gasteiger partial charge in [0.15, 0.2) is 17.3 Å². The van der Waals surface area contributed by atoms with E-state index in [4.69, 9.17) is 9.47 Å². The number of amides is 1. The molecule has 0 saturated carbocycles. The zero-order valence-electron chi connectivity index (χ0n) is 14.2. The Morgan fingerprint density at radius 3 is 2.65 bits per heavy atom. The van der Waals surface area contributed by atoms with Gasteiger partial charge in [-0.3, -0.25) is 9.59 Å². The molecule has 0 bridgehead atoms. The van der Waals surface area contributed by atoms with E-state index in [0.29, 0.717) is 17.1 Å². The lowest BCUT2D eigenvalue weighted by molar-refractivity contribution is -0.116. The van der Waals surface area contributed by atoms with Crippen LogP contribution in [0, 0.1) is 11.8 Å². The molecule has 0 aromatic heterocycles. The van der Waals surface area contributed by atoms with Crippen LogP contribution < -0.4 is 14.8 Å². The Labute approximate surface area is 151 Å². The number of carbonyl (C=O) groups excluding carboxylic acids is 2. The van der Waals surface area contributed by atoms with Crippen molar-refractivity contribution in [1.82, 2.24) is 5.32 Å². The monoisotopic (exact) mass is 347 g/mol. The van der Waals surface area contributed by atoms with E-state index >= 15 is 0 Å². The molecule has 1 N–H and O–H groups in total. The predicted molar refractivity (Wildman–Crippen MR) is 97.9 cm³/mol. The summed E-state index contributed by atoms with van der Waals surface area (Å²) in [6.45, 7) is 1.98.